The third kappa shape index (κ3) is 2.12. The van der Waals surface area contributed by atoms with Crippen LogP contribution in [0.25, 0.3) is 5.52 Å². The number of hydrogen-bond donors (Lipinski definition) is 1. The van der Waals surface area contributed by atoms with Crippen LogP contribution in [0.4, 0.5) is 10.6 Å². The van der Waals surface area contributed by atoms with Gasteiger partial charge in [-0.3, -0.25) is 0 Å². The Bertz CT molecular complexity index is 1260. The lowest BCUT2D eigenvalue weighted by Gasteiger charge is -2.24. The molecule has 1 unspecified atom stereocenters. The molecule has 1 aliphatic carbocycles. The molecule has 1 saturated carbocycles. The highest BCUT2D eigenvalue weighted by Crippen LogP contribution is 2.71. The molecule has 31 heavy (non-hydrogen) atoms. The zero-order valence-electron chi connectivity index (χ0n) is 16.5. The summed E-state index contributed by atoms with van der Waals surface area (Å²) in [6, 6.07) is 5.72. The highest BCUT2D eigenvalue weighted by Gasteiger charge is 2.96. The summed E-state index contributed by atoms with van der Waals surface area (Å²) >= 11 is 0. The van der Waals surface area contributed by atoms with Crippen LogP contribution in [-0.4, -0.2) is 59.4 Å². The van der Waals surface area contributed by atoms with Gasteiger partial charge in [-0.25, -0.2) is 23.8 Å². The van der Waals surface area contributed by atoms with Crippen molar-refractivity contribution in [1.29, 1.82) is 5.26 Å². The van der Waals surface area contributed by atoms with Gasteiger partial charge >= 0.3 is 6.09 Å². The number of imidazole rings is 1. The molecule has 3 aliphatic rings. The number of aromatic nitrogens is 5. The second kappa shape index (κ2) is 5.58. The first kappa shape index (κ1) is 18.3. The third-order valence-electron chi connectivity index (χ3n) is 5.99. The number of ether oxygens (including phenoxy) is 4. The molecule has 2 aliphatic heterocycles. The number of fused-ring (bicyclic) bond motifs is 1. The van der Waals surface area contributed by atoms with Crippen LogP contribution in [0.1, 0.15) is 25.6 Å². The molecule has 6 rings (SSSR count). The van der Waals surface area contributed by atoms with E-state index in [1.807, 2.05) is 0 Å². The maximum Gasteiger partial charge on any atom is 0.419 e. The molecule has 3 aromatic rings. The third-order valence-corrected chi connectivity index (χ3v) is 5.99. The average molecular weight is 423 g/mol. The average Bonchev–Trinajstić information content (AvgIpc) is 3.33. The van der Waals surface area contributed by atoms with Gasteiger partial charge in [0, 0.05) is 12.4 Å². The molecular weight excluding hydrogens is 406 g/mol. The molecule has 0 radical (unpaired) electrons. The fraction of sp³-hybridized carbons (Fsp3) is 0.421. The van der Waals surface area contributed by atoms with Crippen molar-refractivity contribution in [2.75, 3.05) is 5.73 Å². The Morgan fingerprint density at radius 1 is 1.35 bits per heavy atom. The lowest BCUT2D eigenvalue weighted by atomic mass is 10.0. The quantitative estimate of drug-likeness (QED) is 0.626. The topological polar surface area (TPSA) is 152 Å². The van der Waals surface area contributed by atoms with E-state index in [2.05, 4.69) is 21.1 Å². The van der Waals surface area contributed by atoms with Gasteiger partial charge in [-0.1, -0.05) is 0 Å². The molecule has 2 saturated heterocycles. The maximum absolute atomic E-state index is 12.5. The summed E-state index contributed by atoms with van der Waals surface area (Å²) in [6.45, 7) is 3.48. The summed E-state index contributed by atoms with van der Waals surface area (Å²) in [5, 5.41) is 14.3. The second-order valence-electron chi connectivity index (χ2n) is 8.15. The van der Waals surface area contributed by atoms with Crippen LogP contribution in [0.5, 0.6) is 0 Å². The van der Waals surface area contributed by atoms with Crippen LogP contribution in [-0.2, 0) is 18.9 Å². The number of anilines is 1. The van der Waals surface area contributed by atoms with E-state index >= 15 is 0 Å². The van der Waals surface area contributed by atoms with Crippen LogP contribution >= 0.6 is 0 Å². The van der Waals surface area contributed by atoms with Crippen molar-refractivity contribution in [3.63, 3.8) is 0 Å². The SMILES string of the molecule is CC1(C)O[C@H]2[C@H](c3ccc4c(N)ncnn34)O[C@]3(C#N)C(OC(=O)n4ccnc4)[C@]23O1. The van der Waals surface area contributed by atoms with Crippen molar-refractivity contribution in [1.82, 2.24) is 24.1 Å². The minimum Gasteiger partial charge on any atom is -0.438 e. The van der Waals surface area contributed by atoms with E-state index in [1.54, 1.807) is 30.5 Å². The first-order valence-corrected chi connectivity index (χ1v) is 9.57. The van der Waals surface area contributed by atoms with Gasteiger partial charge in [0.1, 0.15) is 36.4 Å². The highest BCUT2D eigenvalue weighted by atomic mass is 16.8. The molecule has 158 valence electrons. The normalized spacial score (nSPS) is 34.8. The van der Waals surface area contributed by atoms with Crippen molar-refractivity contribution in [3.05, 3.63) is 42.9 Å². The molecule has 3 fully saturated rings. The van der Waals surface area contributed by atoms with E-state index < -0.39 is 41.4 Å². The number of nitrogens with two attached hydrogens (primary N) is 1. The predicted molar refractivity (Wildman–Crippen MR) is 100 cm³/mol. The molecular formula is C19H17N7O5. The summed E-state index contributed by atoms with van der Waals surface area (Å²) in [6.07, 6.45) is 2.44. The lowest BCUT2D eigenvalue weighted by Crippen LogP contribution is -2.34. The van der Waals surface area contributed by atoms with Gasteiger partial charge in [-0.2, -0.15) is 10.4 Å². The number of nitrogen functional groups attached to an aromatic ring is 1. The van der Waals surface area contributed by atoms with E-state index in [1.165, 1.54) is 29.6 Å². The number of rotatable bonds is 2. The summed E-state index contributed by atoms with van der Waals surface area (Å²) in [5.41, 5.74) is 4.35. The predicted octanol–water partition coefficient (Wildman–Crippen LogP) is 0.799. The largest absolute Gasteiger partial charge is 0.438 e. The van der Waals surface area contributed by atoms with Gasteiger partial charge in [-0.05, 0) is 26.0 Å². The van der Waals surface area contributed by atoms with Crippen LogP contribution in [0.3, 0.4) is 0 Å². The van der Waals surface area contributed by atoms with Crippen LogP contribution in [0.15, 0.2) is 37.2 Å². The van der Waals surface area contributed by atoms with E-state index in [4.69, 9.17) is 24.7 Å². The zero-order chi connectivity index (χ0) is 21.6. The first-order valence-electron chi connectivity index (χ1n) is 9.57. The molecule has 2 N–H and O–H groups in total. The van der Waals surface area contributed by atoms with Gasteiger partial charge in [0.15, 0.2) is 23.3 Å². The summed E-state index contributed by atoms with van der Waals surface area (Å²) in [7, 11) is 0. The Morgan fingerprint density at radius 2 is 2.19 bits per heavy atom. The lowest BCUT2D eigenvalue weighted by molar-refractivity contribution is -0.182. The fourth-order valence-electron chi connectivity index (χ4n) is 4.76. The minimum atomic E-state index is -1.53. The number of nitrogens with zero attached hydrogens (tertiary/aromatic N) is 6. The molecule has 12 heteroatoms. The van der Waals surface area contributed by atoms with Gasteiger partial charge in [0.25, 0.3) is 0 Å². The van der Waals surface area contributed by atoms with Crippen LogP contribution < -0.4 is 5.73 Å². The van der Waals surface area contributed by atoms with E-state index in [0.717, 1.165) is 0 Å². The smallest absolute Gasteiger partial charge is 0.419 e. The number of carbonyl (C=O) groups excluding carboxylic acids is 1. The Labute approximate surface area is 175 Å². The zero-order valence-corrected chi connectivity index (χ0v) is 16.5. The monoisotopic (exact) mass is 423 g/mol. The van der Waals surface area contributed by atoms with Gasteiger partial charge in [-0.15, -0.1) is 0 Å². The van der Waals surface area contributed by atoms with Gasteiger partial charge < -0.3 is 24.7 Å². The Balaban J connectivity index is 1.41. The molecule has 5 atom stereocenters. The van der Waals surface area contributed by atoms with Crippen molar-refractivity contribution < 1.29 is 23.7 Å². The number of hydrogen-bond acceptors (Lipinski definition) is 10. The first-order chi connectivity index (χ1) is 14.8. The molecule has 0 aromatic carbocycles. The molecule has 5 heterocycles. The Kier molecular flexibility index (Phi) is 3.29. The molecule has 3 aromatic heterocycles. The van der Waals surface area contributed by atoms with E-state index in [-0.39, 0.29) is 0 Å². The highest BCUT2D eigenvalue weighted by molar-refractivity contribution is 5.72. The Hall–Kier alpha value is -3.53. The van der Waals surface area contributed by atoms with Crippen molar-refractivity contribution in [3.8, 4) is 6.07 Å². The summed E-state index contributed by atoms with van der Waals surface area (Å²) in [5.74, 6) is -0.711. The number of carbonyl (C=O) groups is 1. The number of nitriles is 1. The standard InChI is InChI=1S/C19H17N7O5/c1-17(2)30-13-12(10-3-4-11-14(21)23-8-24-26(10)11)29-18(7-20)15(19(13,18)31-17)28-16(27)25-6-5-22-9-25/h3-6,8-9,12-13,15H,1-2H3,(H2,21,23,24)/t12-,13-,15?,18+,19+/m0/s1. The maximum atomic E-state index is 12.5. The fourth-order valence-corrected chi connectivity index (χ4v) is 4.76. The minimum absolute atomic E-state index is 0.310. The van der Waals surface area contributed by atoms with E-state index in [9.17, 15) is 10.1 Å². The molecule has 0 bridgehead atoms. The van der Waals surface area contributed by atoms with E-state index in [0.29, 0.717) is 17.0 Å². The molecule has 0 amide bonds. The molecule has 12 nitrogen and oxygen atoms in total. The second-order valence-corrected chi connectivity index (χ2v) is 8.15. The van der Waals surface area contributed by atoms with Crippen molar-refractivity contribution in [2.24, 2.45) is 0 Å². The van der Waals surface area contributed by atoms with Crippen LogP contribution in [0.2, 0.25) is 0 Å². The van der Waals surface area contributed by atoms with Crippen molar-refractivity contribution in [2.45, 2.75) is 49.1 Å². The van der Waals surface area contributed by atoms with Gasteiger partial charge in [0.2, 0.25) is 5.60 Å². The van der Waals surface area contributed by atoms with Gasteiger partial charge in [0.05, 0.1) is 5.69 Å². The summed E-state index contributed by atoms with van der Waals surface area (Å²) in [4.78, 5) is 20.3. The molecule has 1 spiro atoms. The summed E-state index contributed by atoms with van der Waals surface area (Å²) < 4.78 is 26.9. The Morgan fingerprint density at radius 3 is 2.94 bits per heavy atom. The van der Waals surface area contributed by atoms with Crippen LogP contribution in [0, 0.1) is 11.3 Å². The van der Waals surface area contributed by atoms with Crippen molar-refractivity contribution >= 4 is 17.4 Å².